The third kappa shape index (κ3) is 3.08. The van der Waals surface area contributed by atoms with E-state index in [1.54, 1.807) is 6.07 Å². The Balaban J connectivity index is 1.96. The van der Waals surface area contributed by atoms with Crippen molar-refractivity contribution in [3.63, 3.8) is 0 Å². The number of hydrogen-bond donors (Lipinski definition) is 3. The summed E-state index contributed by atoms with van der Waals surface area (Å²) in [6, 6.07) is 11.6. The first-order valence-corrected chi connectivity index (χ1v) is 9.49. The number of phenolic OH excluding ortho intramolecular Hbond substituents is 1. The molecule has 4 rings (SSSR count). The van der Waals surface area contributed by atoms with E-state index in [-0.39, 0.29) is 16.8 Å². The zero-order valence-corrected chi connectivity index (χ0v) is 16.0. The Morgan fingerprint density at radius 3 is 2.65 bits per heavy atom. The molecule has 6 heteroatoms. The summed E-state index contributed by atoms with van der Waals surface area (Å²) >= 11 is 12.5. The van der Waals surface area contributed by atoms with Crippen molar-refractivity contribution in [2.24, 2.45) is 0 Å². The molecule has 1 aliphatic rings. The highest BCUT2D eigenvalue weighted by molar-refractivity contribution is 6.35. The number of phenols is 1. The van der Waals surface area contributed by atoms with E-state index in [0.29, 0.717) is 18.2 Å². The molecule has 0 unspecified atom stereocenters. The molecule has 1 atom stereocenters. The monoisotopic (exact) mass is 391 g/mol. The SMILES string of the molecule is Cc1[nH]c2ccccc2c1[C@@H](c1cc(Cl)cc(Cl)c1O)[NH+]1CCOCC1. The summed E-state index contributed by atoms with van der Waals surface area (Å²) < 4.78 is 5.56. The van der Waals surface area contributed by atoms with Gasteiger partial charge < -0.3 is 19.7 Å². The summed E-state index contributed by atoms with van der Waals surface area (Å²) in [6.45, 7) is 5.18. The molecule has 1 aliphatic heterocycles. The minimum absolute atomic E-state index is 0.0775. The van der Waals surface area contributed by atoms with Gasteiger partial charge in [0.15, 0.2) is 0 Å². The smallest absolute Gasteiger partial charge is 0.145 e. The van der Waals surface area contributed by atoms with Gasteiger partial charge in [-0.25, -0.2) is 0 Å². The second kappa shape index (κ2) is 7.12. The number of para-hydroxylation sites is 1. The van der Waals surface area contributed by atoms with Crippen LogP contribution >= 0.6 is 23.2 Å². The Morgan fingerprint density at radius 1 is 1.15 bits per heavy atom. The molecular formula is C20H21Cl2N2O2+. The van der Waals surface area contributed by atoms with Crippen molar-refractivity contribution in [1.82, 2.24) is 4.98 Å². The number of halogens is 2. The Kier molecular flexibility index (Phi) is 4.84. The maximum absolute atomic E-state index is 10.7. The Bertz CT molecular complexity index is 948. The molecule has 1 aromatic heterocycles. The third-order valence-electron chi connectivity index (χ3n) is 5.14. The number of rotatable bonds is 3. The van der Waals surface area contributed by atoms with Crippen molar-refractivity contribution < 1.29 is 14.7 Å². The lowest BCUT2D eigenvalue weighted by Gasteiger charge is -2.32. The van der Waals surface area contributed by atoms with Gasteiger partial charge in [-0.3, -0.25) is 0 Å². The average Bonchev–Trinajstić information content (AvgIpc) is 2.96. The predicted octanol–water partition coefficient (Wildman–Crippen LogP) is 3.49. The largest absolute Gasteiger partial charge is 0.506 e. The molecule has 4 nitrogen and oxygen atoms in total. The minimum atomic E-state index is -0.0775. The maximum atomic E-state index is 10.7. The summed E-state index contributed by atoms with van der Waals surface area (Å²) in [5, 5.41) is 12.7. The van der Waals surface area contributed by atoms with Crippen molar-refractivity contribution in [1.29, 1.82) is 0 Å². The summed E-state index contributed by atoms with van der Waals surface area (Å²) in [6.07, 6.45) is 0. The van der Waals surface area contributed by atoms with E-state index in [4.69, 9.17) is 27.9 Å². The van der Waals surface area contributed by atoms with E-state index in [2.05, 4.69) is 24.0 Å². The second-order valence-corrected chi connectivity index (χ2v) is 7.58. The van der Waals surface area contributed by atoms with Crippen molar-refractivity contribution >= 4 is 34.1 Å². The number of H-pyrrole nitrogens is 1. The molecule has 0 saturated carbocycles. The van der Waals surface area contributed by atoms with Gasteiger partial charge in [-0.2, -0.15) is 0 Å². The summed E-state index contributed by atoms with van der Waals surface area (Å²) in [5.74, 6) is 0.102. The number of fused-ring (bicyclic) bond motifs is 1. The van der Waals surface area contributed by atoms with Gasteiger partial charge in [0.05, 0.1) is 23.8 Å². The molecule has 3 N–H and O–H groups in total. The number of aromatic nitrogens is 1. The molecule has 136 valence electrons. The van der Waals surface area contributed by atoms with Gasteiger partial charge in [0, 0.05) is 27.2 Å². The lowest BCUT2D eigenvalue weighted by atomic mass is 9.93. The zero-order valence-electron chi connectivity index (χ0n) is 14.5. The second-order valence-electron chi connectivity index (χ2n) is 6.74. The molecule has 3 aromatic rings. The summed E-state index contributed by atoms with van der Waals surface area (Å²) in [4.78, 5) is 4.80. The number of aryl methyl sites for hydroxylation is 1. The van der Waals surface area contributed by atoms with E-state index in [1.807, 2.05) is 18.2 Å². The van der Waals surface area contributed by atoms with Crippen LogP contribution in [0.1, 0.15) is 22.9 Å². The Labute approximate surface area is 162 Å². The molecule has 26 heavy (non-hydrogen) atoms. The molecule has 0 spiro atoms. The van der Waals surface area contributed by atoms with Crippen LogP contribution in [0.5, 0.6) is 5.75 Å². The third-order valence-corrected chi connectivity index (χ3v) is 5.65. The highest BCUT2D eigenvalue weighted by Crippen LogP contribution is 2.39. The lowest BCUT2D eigenvalue weighted by molar-refractivity contribution is -0.933. The van der Waals surface area contributed by atoms with Crippen molar-refractivity contribution in [3.05, 3.63) is 63.3 Å². The molecule has 0 bridgehead atoms. The quantitative estimate of drug-likeness (QED) is 0.639. The van der Waals surface area contributed by atoms with Crippen molar-refractivity contribution in [3.8, 4) is 5.75 Å². The van der Waals surface area contributed by atoms with Crippen LogP contribution in [-0.2, 0) is 4.74 Å². The number of benzene rings is 2. The minimum Gasteiger partial charge on any atom is -0.506 e. The normalized spacial score (nSPS) is 16.9. The fourth-order valence-corrected chi connectivity index (χ4v) is 4.49. The highest BCUT2D eigenvalue weighted by atomic mass is 35.5. The number of aromatic hydroxyl groups is 1. The standard InChI is InChI=1S/C20H20Cl2N2O2/c1-12-18(14-4-2-3-5-17(14)23-12)19(24-6-8-26-9-7-24)15-10-13(21)11-16(22)20(15)25/h2-5,10-11,19,23,25H,6-9H2,1H3/p+1/t19-/m1/s1. The first-order chi connectivity index (χ1) is 12.6. The summed E-state index contributed by atoms with van der Waals surface area (Å²) in [7, 11) is 0. The number of quaternary nitrogens is 1. The first-order valence-electron chi connectivity index (χ1n) is 8.73. The van der Waals surface area contributed by atoms with Gasteiger partial charge >= 0.3 is 0 Å². The van der Waals surface area contributed by atoms with Crippen molar-refractivity contribution in [2.75, 3.05) is 26.3 Å². The number of hydrogen-bond acceptors (Lipinski definition) is 2. The van der Waals surface area contributed by atoms with E-state index in [0.717, 1.165) is 35.2 Å². The van der Waals surface area contributed by atoms with Crippen LogP contribution in [0.25, 0.3) is 10.9 Å². The molecule has 0 amide bonds. The number of ether oxygens (including phenoxy) is 1. The zero-order chi connectivity index (χ0) is 18.3. The lowest BCUT2D eigenvalue weighted by Crippen LogP contribution is -3.14. The average molecular weight is 392 g/mol. The molecule has 2 heterocycles. The van der Waals surface area contributed by atoms with E-state index in [9.17, 15) is 5.11 Å². The fraction of sp³-hybridized carbons (Fsp3) is 0.300. The highest BCUT2D eigenvalue weighted by Gasteiger charge is 2.34. The van der Waals surface area contributed by atoms with Gasteiger partial charge in [0.1, 0.15) is 24.9 Å². The maximum Gasteiger partial charge on any atom is 0.145 e. The van der Waals surface area contributed by atoms with Crippen LogP contribution in [0.15, 0.2) is 36.4 Å². The van der Waals surface area contributed by atoms with Gasteiger partial charge in [0.25, 0.3) is 0 Å². The van der Waals surface area contributed by atoms with Crippen LogP contribution in [0.4, 0.5) is 0 Å². The molecular weight excluding hydrogens is 371 g/mol. The first kappa shape index (κ1) is 17.7. The molecule has 2 aromatic carbocycles. The topological polar surface area (TPSA) is 49.7 Å². The van der Waals surface area contributed by atoms with Gasteiger partial charge in [0.2, 0.25) is 0 Å². The molecule has 1 saturated heterocycles. The molecule has 1 fully saturated rings. The van der Waals surface area contributed by atoms with Crippen LogP contribution in [0.3, 0.4) is 0 Å². The van der Waals surface area contributed by atoms with Crippen molar-refractivity contribution in [2.45, 2.75) is 13.0 Å². The number of morpholine rings is 1. The Hall–Kier alpha value is -1.72. The van der Waals surface area contributed by atoms with Gasteiger partial charge in [-0.1, -0.05) is 41.4 Å². The number of nitrogens with one attached hydrogen (secondary N) is 2. The van der Waals surface area contributed by atoms with Gasteiger partial charge in [-0.05, 0) is 25.1 Å². The van der Waals surface area contributed by atoms with Crippen LogP contribution < -0.4 is 4.90 Å². The Morgan fingerprint density at radius 2 is 1.88 bits per heavy atom. The van der Waals surface area contributed by atoms with E-state index in [1.165, 1.54) is 10.5 Å². The number of aromatic amines is 1. The van der Waals surface area contributed by atoms with Crippen LogP contribution in [0.2, 0.25) is 10.0 Å². The molecule has 0 radical (unpaired) electrons. The van der Waals surface area contributed by atoms with E-state index >= 15 is 0 Å². The predicted molar refractivity (Wildman–Crippen MR) is 105 cm³/mol. The molecule has 0 aliphatic carbocycles. The van der Waals surface area contributed by atoms with Crippen LogP contribution in [-0.4, -0.2) is 36.4 Å². The summed E-state index contributed by atoms with van der Waals surface area (Å²) in [5.41, 5.74) is 4.11. The fourth-order valence-electron chi connectivity index (χ4n) is 3.98. The van der Waals surface area contributed by atoms with Crippen LogP contribution in [0, 0.1) is 6.92 Å². The van der Waals surface area contributed by atoms with Gasteiger partial charge in [-0.15, -0.1) is 0 Å². The van der Waals surface area contributed by atoms with E-state index < -0.39 is 0 Å².